The zero-order valence-electron chi connectivity index (χ0n) is 11.6. The lowest BCUT2D eigenvalue weighted by Crippen LogP contribution is -2.42. The summed E-state index contributed by atoms with van der Waals surface area (Å²) in [6.45, 7) is 3.41. The van der Waals surface area contributed by atoms with Gasteiger partial charge in [0.25, 0.3) is 0 Å². The van der Waals surface area contributed by atoms with E-state index < -0.39 is 0 Å². The first-order valence-corrected chi connectivity index (χ1v) is 6.89. The number of hydrogen-bond donors (Lipinski definition) is 0. The van der Waals surface area contributed by atoms with Gasteiger partial charge in [0.1, 0.15) is 5.82 Å². The van der Waals surface area contributed by atoms with Crippen molar-refractivity contribution in [1.82, 2.24) is 14.5 Å². The second-order valence-corrected chi connectivity index (χ2v) is 5.22. The minimum atomic E-state index is 0.156. The number of para-hydroxylation sites is 2. The number of ether oxygens (including phenoxy) is 1. The molecule has 1 saturated heterocycles. The molecule has 2 heterocycles. The highest BCUT2D eigenvalue weighted by Gasteiger charge is 2.20. The Kier molecular flexibility index (Phi) is 3.68. The summed E-state index contributed by atoms with van der Waals surface area (Å²) in [4.78, 5) is 6.83. The average molecular weight is 270 g/mol. The molecule has 104 valence electrons. The van der Waals surface area contributed by atoms with E-state index in [1.165, 1.54) is 0 Å². The van der Waals surface area contributed by atoms with Gasteiger partial charge >= 0.3 is 0 Å². The number of likely N-dealkylation sites (N-methyl/N-ethyl adjacent to an activating group) is 1. The molecule has 20 heavy (non-hydrogen) atoms. The van der Waals surface area contributed by atoms with E-state index in [-0.39, 0.29) is 6.10 Å². The largest absolute Gasteiger partial charge is 0.374 e. The van der Waals surface area contributed by atoms with Crippen molar-refractivity contribution in [1.29, 1.82) is 5.26 Å². The quantitative estimate of drug-likeness (QED) is 0.846. The second-order valence-electron chi connectivity index (χ2n) is 5.22. The second kappa shape index (κ2) is 5.61. The molecule has 2 aromatic rings. The van der Waals surface area contributed by atoms with E-state index >= 15 is 0 Å². The molecule has 0 bridgehead atoms. The van der Waals surface area contributed by atoms with Gasteiger partial charge in [-0.05, 0) is 19.2 Å². The monoisotopic (exact) mass is 270 g/mol. The zero-order chi connectivity index (χ0) is 13.9. The predicted molar refractivity (Wildman–Crippen MR) is 76.3 cm³/mol. The van der Waals surface area contributed by atoms with E-state index in [0.29, 0.717) is 6.42 Å². The average Bonchev–Trinajstić information content (AvgIpc) is 2.78. The number of rotatable bonds is 3. The Bertz CT molecular complexity index is 643. The van der Waals surface area contributed by atoms with Crippen molar-refractivity contribution in [2.24, 2.45) is 0 Å². The van der Waals surface area contributed by atoms with Gasteiger partial charge in [0.05, 0.1) is 42.8 Å². The van der Waals surface area contributed by atoms with Crippen molar-refractivity contribution < 1.29 is 4.74 Å². The molecule has 0 spiro atoms. The molecule has 0 N–H and O–H groups in total. The summed E-state index contributed by atoms with van der Waals surface area (Å²) in [5.74, 6) is 0.825. The van der Waals surface area contributed by atoms with Crippen LogP contribution < -0.4 is 0 Å². The Morgan fingerprint density at radius 2 is 2.30 bits per heavy atom. The smallest absolute Gasteiger partial charge is 0.124 e. The third-order valence-corrected chi connectivity index (χ3v) is 3.70. The molecule has 1 atom stereocenters. The number of hydrogen-bond acceptors (Lipinski definition) is 4. The Labute approximate surface area is 118 Å². The first-order chi connectivity index (χ1) is 9.78. The number of morpholine rings is 1. The highest BCUT2D eigenvalue weighted by Crippen LogP contribution is 2.18. The van der Waals surface area contributed by atoms with Gasteiger partial charge in [-0.3, -0.25) is 0 Å². The number of nitriles is 1. The van der Waals surface area contributed by atoms with Crippen molar-refractivity contribution in [2.45, 2.75) is 19.1 Å². The highest BCUT2D eigenvalue weighted by molar-refractivity contribution is 5.76. The number of imidazole rings is 1. The van der Waals surface area contributed by atoms with E-state index in [9.17, 15) is 0 Å². The Morgan fingerprint density at radius 3 is 3.10 bits per heavy atom. The lowest BCUT2D eigenvalue weighted by atomic mass is 10.2. The SMILES string of the molecule is CN1CCOC(Cn2c(CC#N)nc3ccccc32)C1. The topological polar surface area (TPSA) is 54.1 Å². The van der Waals surface area contributed by atoms with E-state index in [2.05, 4.69) is 33.6 Å². The van der Waals surface area contributed by atoms with Gasteiger partial charge in [-0.1, -0.05) is 12.1 Å². The summed E-state index contributed by atoms with van der Waals surface area (Å²) in [5, 5.41) is 8.97. The van der Waals surface area contributed by atoms with Crippen LogP contribution in [0.3, 0.4) is 0 Å². The lowest BCUT2D eigenvalue weighted by molar-refractivity contribution is -0.0272. The maximum atomic E-state index is 8.97. The fraction of sp³-hybridized carbons (Fsp3) is 0.467. The summed E-state index contributed by atoms with van der Waals surface area (Å²) >= 11 is 0. The fourth-order valence-corrected chi connectivity index (χ4v) is 2.72. The fourth-order valence-electron chi connectivity index (χ4n) is 2.72. The lowest BCUT2D eigenvalue weighted by Gasteiger charge is -2.30. The van der Waals surface area contributed by atoms with Crippen LogP contribution >= 0.6 is 0 Å². The standard InChI is InChI=1S/C15H18N4O/c1-18-8-9-20-12(10-18)11-19-14-5-3-2-4-13(14)17-15(19)6-7-16/h2-5,12H,6,8-11H2,1H3. The van der Waals surface area contributed by atoms with Crippen LogP contribution in [0.2, 0.25) is 0 Å². The first-order valence-electron chi connectivity index (χ1n) is 6.89. The van der Waals surface area contributed by atoms with E-state index in [1.807, 2.05) is 18.2 Å². The maximum absolute atomic E-state index is 8.97. The van der Waals surface area contributed by atoms with Crippen LogP contribution in [0.15, 0.2) is 24.3 Å². The van der Waals surface area contributed by atoms with Gasteiger partial charge in [-0.2, -0.15) is 5.26 Å². The molecule has 1 fully saturated rings. The predicted octanol–water partition coefficient (Wildman–Crippen LogP) is 1.43. The summed E-state index contributed by atoms with van der Waals surface area (Å²) in [7, 11) is 2.11. The number of aromatic nitrogens is 2. The van der Waals surface area contributed by atoms with Gasteiger partial charge < -0.3 is 14.2 Å². The zero-order valence-corrected chi connectivity index (χ0v) is 11.6. The Hall–Kier alpha value is -1.90. The molecule has 0 amide bonds. The molecular formula is C15H18N4O. The van der Waals surface area contributed by atoms with Crippen LogP contribution in [0.5, 0.6) is 0 Å². The van der Waals surface area contributed by atoms with Crippen molar-refractivity contribution in [3.05, 3.63) is 30.1 Å². The van der Waals surface area contributed by atoms with Crippen molar-refractivity contribution in [2.75, 3.05) is 26.7 Å². The van der Waals surface area contributed by atoms with Gasteiger partial charge in [0, 0.05) is 13.1 Å². The first kappa shape index (κ1) is 13.1. The normalized spacial score (nSPS) is 20.1. The molecule has 5 nitrogen and oxygen atoms in total. The van der Waals surface area contributed by atoms with Crippen LogP contribution in [0.25, 0.3) is 11.0 Å². The van der Waals surface area contributed by atoms with Crippen molar-refractivity contribution in [3.8, 4) is 6.07 Å². The molecule has 0 radical (unpaired) electrons. The van der Waals surface area contributed by atoms with E-state index in [1.54, 1.807) is 0 Å². The summed E-state index contributed by atoms with van der Waals surface area (Å²) in [6.07, 6.45) is 0.487. The van der Waals surface area contributed by atoms with Crippen LogP contribution in [-0.4, -0.2) is 47.3 Å². The van der Waals surface area contributed by atoms with Crippen LogP contribution in [0, 0.1) is 11.3 Å². The number of nitrogens with zero attached hydrogens (tertiary/aromatic N) is 4. The van der Waals surface area contributed by atoms with Gasteiger partial charge in [0.15, 0.2) is 0 Å². The van der Waals surface area contributed by atoms with Gasteiger partial charge in [0.2, 0.25) is 0 Å². The van der Waals surface area contributed by atoms with E-state index in [4.69, 9.17) is 10.00 Å². The third kappa shape index (κ3) is 2.53. The number of benzene rings is 1. The Morgan fingerprint density at radius 1 is 1.45 bits per heavy atom. The van der Waals surface area contributed by atoms with Crippen LogP contribution in [-0.2, 0) is 17.7 Å². The van der Waals surface area contributed by atoms with Crippen molar-refractivity contribution >= 4 is 11.0 Å². The van der Waals surface area contributed by atoms with Crippen molar-refractivity contribution in [3.63, 3.8) is 0 Å². The number of fused-ring (bicyclic) bond motifs is 1. The molecule has 5 heteroatoms. The molecular weight excluding hydrogens is 252 g/mol. The molecule has 3 rings (SSSR count). The molecule has 1 unspecified atom stereocenters. The maximum Gasteiger partial charge on any atom is 0.124 e. The Balaban J connectivity index is 1.92. The molecule has 1 aliphatic rings. The molecule has 0 aliphatic carbocycles. The van der Waals surface area contributed by atoms with E-state index in [0.717, 1.165) is 43.1 Å². The van der Waals surface area contributed by atoms with Crippen LogP contribution in [0.1, 0.15) is 5.82 Å². The van der Waals surface area contributed by atoms with Gasteiger partial charge in [-0.25, -0.2) is 4.98 Å². The summed E-state index contributed by atoms with van der Waals surface area (Å²) < 4.78 is 7.96. The summed E-state index contributed by atoms with van der Waals surface area (Å²) in [5.41, 5.74) is 2.02. The van der Waals surface area contributed by atoms with Crippen LogP contribution in [0.4, 0.5) is 0 Å². The minimum absolute atomic E-state index is 0.156. The molecule has 1 aromatic heterocycles. The molecule has 1 aliphatic heterocycles. The minimum Gasteiger partial charge on any atom is -0.374 e. The summed E-state index contributed by atoms with van der Waals surface area (Å²) in [6, 6.07) is 10.2. The molecule has 1 aromatic carbocycles. The molecule has 0 saturated carbocycles. The highest BCUT2D eigenvalue weighted by atomic mass is 16.5. The third-order valence-electron chi connectivity index (χ3n) is 3.70. The van der Waals surface area contributed by atoms with Gasteiger partial charge in [-0.15, -0.1) is 0 Å².